The van der Waals surface area contributed by atoms with Gasteiger partial charge < -0.3 is 9.84 Å². The van der Waals surface area contributed by atoms with Gasteiger partial charge in [0.05, 0.1) is 0 Å². The molecule has 2 aromatic carbocycles. The number of hydrogen-bond acceptors (Lipinski definition) is 3. The van der Waals surface area contributed by atoms with Crippen molar-refractivity contribution in [2.24, 2.45) is 0 Å². The second kappa shape index (κ2) is 7.37. The first-order valence-corrected chi connectivity index (χ1v) is 8.71. The lowest BCUT2D eigenvalue weighted by Crippen LogP contribution is -2.38. The lowest BCUT2D eigenvalue weighted by molar-refractivity contribution is 0.0635. The molecule has 0 aromatic heterocycles. The minimum Gasteiger partial charge on any atom is -0.491 e. The SMILES string of the molecule is Cc1cc(C)c(C)c(OCC(O)CN2CCc3ccccc3C2)c1. The van der Waals surface area contributed by atoms with E-state index in [1.54, 1.807) is 0 Å². The summed E-state index contributed by atoms with van der Waals surface area (Å²) in [7, 11) is 0. The molecule has 24 heavy (non-hydrogen) atoms. The number of nitrogens with zero attached hydrogens (tertiary/aromatic N) is 1. The van der Waals surface area contributed by atoms with Crippen molar-refractivity contribution in [2.75, 3.05) is 19.7 Å². The van der Waals surface area contributed by atoms with Crippen molar-refractivity contribution in [3.63, 3.8) is 0 Å². The number of aliphatic hydroxyl groups is 1. The van der Waals surface area contributed by atoms with Crippen molar-refractivity contribution in [3.8, 4) is 5.75 Å². The highest BCUT2D eigenvalue weighted by molar-refractivity contribution is 5.41. The standard InChI is InChI=1S/C21H27NO2/c1-15-10-16(2)17(3)21(11-15)24-14-20(23)13-22-9-8-18-6-4-5-7-19(18)12-22/h4-7,10-11,20,23H,8-9,12-14H2,1-3H3. The summed E-state index contributed by atoms with van der Waals surface area (Å²) in [5.41, 5.74) is 6.38. The predicted octanol–water partition coefficient (Wildman–Crippen LogP) is 3.41. The van der Waals surface area contributed by atoms with Crippen LogP contribution in [0.2, 0.25) is 0 Å². The first kappa shape index (κ1) is 17.0. The Morgan fingerprint density at radius 2 is 1.88 bits per heavy atom. The monoisotopic (exact) mass is 325 g/mol. The summed E-state index contributed by atoms with van der Waals surface area (Å²) in [6, 6.07) is 12.8. The molecule has 1 aliphatic rings. The molecule has 0 radical (unpaired) electrons. The van der Waals surface area contributed by atoms with Crippen LogP contribution in [0.1, 0.15) is 27.8 Å². The van der Waals surface area contributed by atoms with E-state index in [1.165, 1.54) is 22.3 Å². The Morgan fingerprint density at radius 3 is 2.67 bits per heavy atom. The molecule has 0 bridgehead atoms. The molecule has 1 aliphatic heterocycles. The van der Waals surface area contributed by atoms with Crippen LogP contribution in [0.15, 0.2) is 36.4 Å². The molecule has 0 fully saturated rings. The first-order valence-electron chi connectivity index (χ1n) is 8.71. The Kier molecular flexibility index (Phi) is 5.22. The average Bonchev–Trinajstić information content (AvgIpc) is 2.56. The molecule has 1 N–H and O–H groups in total. The fourth-order valence-corrected chi connectivity index (χ4v) is 3.40. The number of ether oxygens (including phenoxy) is 1. The molecule has 1 heterocycles. The van der Waals surface area contributed by atoms with Crippen molar-refractivity contribution >= 4 is 0 Å². The summed E-state index contributed by atoms with van der Waals surface area (Å²) in [6.07, 6.45) is 0.579. The Morgan fingerprint density at radius 1 is 1.12 bits per heavy atom. The van der Waals surface area contributed by atoms with Crippen molar-refractivity contribution < 1.29 is 9.84 Å². The highest BCUT2D eigenvalue weighted by Gasteiger charge is 2.19. The highest BCUT2D eigenvalue weighted by Crippen LogP contribution is 2.24. The van der Waals surface area contributed by atoms with E-state index >= 15 is 0 Å². The lowest BCUT2D eigenvalue weighted by Gasteiger charge is -2.30. The predicted molar refractivity (Wildman–Crippen MR) is 97.6 cm³/mol. The van der Waals surface area contributed by atoms with Gasteiger partial charge in [-0.05, 0) is 61.1 Å². The van der Waals surface area contributed by atoms with Crippen molar-refractivity contribution in [2.45, 2.75) is 39.8 Å². The molecule has 1 atom stereocenters. The van der Waals surface area contributed by atoms with Gasteiger partial charge in [-0.25, -0.2) is 0 Å². The van der Waals surface area contributed by atoms with Crippen molar-refractivity contribution in [1.29, 1.82) is 0 Å². The number of fused-ring (bicyclic) bond motifs is 1. The van der Waals surface area contributed by atoms with E-state index in [-0.39, 0.29) is 0 Å². The Bertz CT molecular complexity index is 711. The molecule has 3 heteroatoms. The van der Waals surface area contributed by atoms with Crippen LogP contribution >= 0.6 is 0 Å². The molecule has 0 saturated heterocycles. The van der Waals surface area contributed by atoms with Gasteiger partial charge in [0.1, 0.15) is 18.5 Å². The number of benzene rings is 2. The van der Waals surface area contributed by atoms with Crippen molar-refractivity contribution in [3.05, 3.63) is 64.2 Å². The van der Waals surface area contributed by atoms with E-state index in [2.05, 4.69) is 56.0 Å². The largest absolute Gasteiger partial charge is 0.491 e. The molecule has 3 nitrogen and oxygen atoms in total. The number of rotatable bonds is 5. The van der Waals surface area contributed by atoms with Gasteiger partial charge in [-0.3, -0.25) is 4.90 Å². The third kappa shape index (κ3) is 3.97. The summed E-state index contributed by atoms with van der Waals surface area (Å²) in [4.78, 5) is 2.31. The zero-order valence-electron chi connectivity index (χ0n) is 14.9. The minimum atomic E-state index is -0.476. The zero-order chi connectivity index (χ0) is 17.1. The van der Waals surface area contributed by atoms with Crippen LogP contribution in [0.25, 0.3) is 0 Å². The van der Waals surface area contributed by atoms with Crippen LogP contribution in [0.3, 0.4) is 0 Å². The highest BCUT2D eigenvalue weighted by atomic mass is 16.5. The number of β-amino-alcohol motifs (C(OH)–C–C–N with tert-alkyl or cyclic N) is 1. The first-order chi connectivity index (χ1) is 11.5. The van der Waals surface area contributed by atoms with Crippen LogP contribution in [0.4, 0.5) is 0 Å². The molecule has 0 spiro atoms. The summed E-state index contributed by atoms with van der Waals surface area (Å²) in [5, 5.41) is 10.4. The molecule has 128 valence electrons. The Labute approximate surface area is 144 Å². The lowest BCUT2D eigenvalue weighted by atomic mass is 10.00. The van der Waals surface area contributed by atoms with E-state index < -0.39 is 6.10 Å². The van der Waals surface area contributed by atoms with Crippen LogP contribution in [0.5, 0.6) is 5.75 Å². The van der Waals surface area contributed by atoms with Gasteiger partial charge in [0.25, 0.3) is 0 Å². The van der Waals surface area contributed by atoms with E-state index in [4.69, 9.17) is 4.74 Å². The van der Waals surface area contributed by atoms with Crippen LogP contribution in [-0.2, 0) is 13.0 Å². The van der Waals surface area contributed by atoms with Crippen LogP contribution < -0.4 is 4.74 Å². The molecule has 0 aliphatic carbocycles. The van der Waals surface area contributed by atoms with E-state index in [0.29, 0.717) is 13.2 Å². The van der Waals surface area contributed by atoms with Crippen molar-refractivity contribution in [1.82, 2.24) is 4.90 Å². The summed E-state index contributed by atoms with van der Waals surface area (Å²) >= 11 is 0. The van der Waals surface area contributed by atoms with Gasteiger partial charge in [0, 0.05) is 19.6 Å². The second-order valence-electron chi connectivity index (χ2n) is 6.92. The topological polar surface area (TPSA) is 32.7 Å². The molecule has 0 saturated carbocycles. The van der Waals surface area contributed by atoms with E-state index in [9.17, 15) is 5.11 Å². The summed E-state index contributed by atoms with van der Waals surface area (Å²) < 4.78 is 5.89. The third-order valence-electron chi connectivity index (χ3n) is 4.87. The molecule has 0 amide bonds. The minimum absolute atomic E-state index is 0.335. The zero-order valence-corrected chi connectivity index (χ0v) is 14.9. The van der Waals surface area contributed by atoms with Gasteiger partial charge >= 0.3 is 0 Å². The van der Waals surface area contributed by atoms with Gasteiger partial charge in [0.15, 0.2) is 0 Å². The van der Waals surface area contributed by atoms with E-state index in [1.807, 2.05) is 6.07 Å². The normalized spacial score (nSPS) is 15.8. The Balaban J connectivity index is 1.54. The molecular weight excluding hydrogens is 298 g/mol. The van der Waals surface area contributed by atoms with Gasteiger partial charge in [-0.1, -0.05) is 30.3 Å². The van der Waals surface area contributed by atoms with Crippen LogP contribution in [0, 0.1) is 20.8 Å². The molecular formula is C21H27NO2. The summed E-state index contributed by atoms with van der Waals surface area (Å²) in [6.45, 7) is 9.13. The smallest absolute Gasteiger partial charge is 0.122 e. The number of hydrogen-bond donors (Lipinski definition) is 1. The molecule has 1 unspecified atom stereocenters. The maximum atomic E-state index is 10.4. The Hall–Kier alpha value is -1.84. The average molecular weight is 325 g/mol. The number of aliphatic hydroxyl groups excluding tert-OH is 1. The molecule has 3 rings (SSSR count). The van der Waals surface area contributed by atoms with Crippen LogP contribution in [-0.4, -0.2) is 35.8 Å². The van der Waals surface area contributed by atoms with E-state index in [0.717, 1.165) is 30.8 Å². The third-order valence-corrected chi connectivity index (χ3v) is 4.87. The second-order valence-corrected chi connectivity index (χ2v) is 6.92. The summed E-state index contributed by atoms with van der Waals surface area (Å²) in [5.74, 6) is 0.885. The fourth-order valence-electron chi connectivity index (χ4n) is 3.40. The molecule has 2 aromatic rings. The fraction of sp³-hybridized carbons (Fsp3) is 0.429. The maximum Gasteiger partial charge on any atom is 0.122 e. The van der Waals surface area contributed by atoms with Gasteiger partial charge in [0.2, 0.25) is 0 Å². The maximum absolute atomic E-state index is 10.4. The van der Waals surface area contributed by atoms with Gasteiger partial charge in [-0.15, -0.1) is 0 Å². The number of aryl methyl sites for hydroxylation is 2. The van der Waals surface area contributed by atoms with Gasteiger partial charge in [-0.2, -0.15) is 0 Å². The quantitative estimate of drug-likeness (QED) is 0.914.